The van der Waals surface area contributed by atoms with E-state index in [-0.39, 0.29) is 0 Å². The van der Waals surface area contributed by atoms with Gasteiger partial charge in [-0.2, -0.15) is 5.10 Å². The van der Waals surface area contributed by atoms with Crippen LogP contribution in [0.25, 0.3) is 0 Å². The summed E-state index contributed by atoms with van der Waals surface area (Å²) in [6.07, 6.45) is 3.22. The van der Waals surface area contributed by atoms with Crippen molar-refractivity contribution in [3.05, 3.63) is 41.7 Å². The molecule has 5 nitrogen and oxygen atoms in total. The van der Waals surface area contributed by atoms with Gasteiger partial charge in [-0.05, 0) is 31.5 Å². The first-order chi connectivity index (χ1) is 9.63. The van der Waals surface area contributed by atoms with E-state index in [0.29, 0.717) is 18.1 Å². The van der Waals surface area contributed by atoms with E-state index in [4.69, 9.17) is 9.47 Å². The van der Waals surface area contributed by atoms with Gasteiger partial charge in [0.25, 0.3) is 0 Å². The van der Waals surface area contributed by atoms with E-state index in [0.717, 1.165) is 17.7 Å². The minimum atomic E-state index is -0.527. The van der Waals surface area contributed by atoms with Crippen molar-refractivity contribution in [1.29, 1.82) is 0 Å². The van der Waals surface area contributed by atoms with Crippen LogP contribution in [-0.2, 0) is 13.2 Å². The lowest BCUT2D eigenvalue weighted by molar-refractivity contribution is 0.198. The lowest BCUT2D eigenvalue weighted by Crippen LogP contribution is -1.99. The predicted octanol–water partition coefficient (Wildman–Crippen LogP) is 2.54. The molecule has 5 heteroatoms. The average Bonchev–Trinajstić information content (AvgIpc) is 2.92. The van der Waals surface area contributed by atoms with Gasteiger partial charge >= 0.3 is 0 Å². The summed E-state index contributed by atoms with van der Waals surface area (Å²) in [7, 11) is 1.59. The summed E-state index contributed by atoms with van der Waals surface area (Å²) in [5, 5.41) is 13.8. The van der Waals surface area contributed by atoms with E-state index >= 15 is 0 Å². The number of rotatable bonds is 6. The van der Waals surface area contributed by atoms with E-state index in [1.54, 1.807) is 26.3 Å². The summed E-state index contributed by atoms with van der Waals surface area (Å²) in [5.74, 6) is 1.27. The van der Waals surface area contributed by atoms with Crippen LogP contribution in [0.4, 0.5) is 0 Å². The van der Waals surface area contributed by atoms with Crippen molar-refractivity contribution in [2.75, 3.05) is 7.11 Å². The van der Waals surface area contributed by atoms with Gasteiger partial charge in [0.05, 0.1) is 19.4 Å². The Morgan fingerprint density at radius 3 is 2.75 bits per heavy atom. The van der Waals surface area contributed by atoms with Crippen LogP contribution >= 0.6 is 0 Å². The number of hydrogen-bond acceptors (Lipinski definition) is 4. The topological polar surface area (TPSA) is 56.5 Å². The SMILES string of the molecule is CCn1cc(COc2ccc(C(C)O)cc2OC)cn1. The molecule has 0 aliphatic rings. The second-order valence-corrected chi connectivity index (χ2v) is 4.58. The number of nitrogens with zero attached hydrogens (tertiary/aromatic N) is 2. The number of aliphatic hydroxyl groups excluding tert-OH is 1. The summed E-state index contributed by atoms with van der Waals surface area (Å²) in [6, 6.07) is 5.43. The molecule has 2 aromatic rings. The molecule has 0 aliphatic heterocycles. The van der Waals surface area contributed by atoms with Crippen LogP contribution in [0.15, 0.2) is 30.6 Å². The van der Waals surface area contributed by atoms with E-state index in [1.807, 2.05) is 29.9 Å². The van der Waals surface area contributed by atoms with Crippen molar-refractivity contribution in [1.82, 2.24) is 9.78 Å². The zero-order valence-electron chi connectivity index (χ0n) is 12.0. The molecule has 20 heavy (non-hydrogen) atoms. The second-order valence-electron chi connectivity index (χ2n) is 4.58. The first kappa shape index (κ1) is 14.4. The number of ether oxygens (including phenoxy) is 2. The highest BCUT2D eigenvalue weighted by Crippen LogP contribution is 2.30. The van der Waals surface area contributed by atoms with Crippen LogP contribution in [-0.4, -0.2) is 22.0 Å². The maximum absolute atomic E-state index is 9.56. The zero-order chi connectivity index (χ0) is 14.5. The third-order valence-electron chi connectivity index (χ3n) is 3.08. The highest BCUT2D eigenvalue weighted by molar-refractivity contribution is 5.43. The molecule has 0 radical (unpaired) electrons. The second kappa shape index (κ2) is 6.43. The fourth-order valence-corrected chi connectivity index (χ4v) is 1.88. The smallest absolute Gasteiger partial charge is 0.161 e. The summed E-state index contributed by atoms with van der Waals surface area (Å²) in [5.41, 5.74) is 1.81. The molecule has 1 heterocycles. The molecule has 0 spiro atoms. The van der Waals surface area contributed by atoms with Gasteiger partial charge < -0.3 is 14.6 Å². The van der Waals surface area contributed by atoms with Crippen LogP contribution in [0, 0.1) is 0 Å². The van der Waals surface area contributed by atoms with Crippen molar-refractivity contribution in [3.63, 3.8) is 0 Å². The van der Waals surface area contributed by atoms with Gasteiger partial charge in [-0.3, -0.25) is 4.68 Å². The monoisotopic (exact) mass is 276 g/mol. The van der Waals surface area contributed by atoms with E-state index in [9.17, 15) is 5.11 Å². The fraction of sp³-hybridized carbons (Fsp3) is 0.400. The third-order valence-corrected chi connectivity index (χ3v) is 3.08. The quantitative estimate of drug-likeness (QED) is 0.881. The summed E-state index contributed by atoms with van der Waals surface area (Å²) >= 11 is 0. The lowest BCUT2D eigenvalue weighted by Gasteiger charge is -2.12. The minimum absolute atomic E-state index is 0.435. The molecule has 0 saturated heterocycles. The number of aromatic nitrogens is 2. The first-order valence-electron chi connectivity index (χ1n) is 6.64. The number of methoxy groups -OCH3 is 1. The molecule has 0 saturated carbocycles. The van der Waals surface area contributed by atoms with Crippen LogP contribution in [0.2, 0.25) is 0 Å². The molecule has 1 aromatic heterocycles. The fourth-order valence-electron chi connectivity index (χ4n) is 1.88. The summed E-state index contributed by atoms with van der Waals surface area (Å²) < 4.78 is 12.9. The maximum Gasteiger partial charge on any atom is 0.161 e. The van der Waals surface area contributed by atoms with Gasteiger partial charge in [-0.15, -0.1) is 0 Å². The van der Waals surface area contributed by atoms with E-state index in [2.05, 4.69) is 5.10 Å². The molecule has 1 N–H and O–H groups in total. The summed E-state index contributed by atoms with van der Waals surface area (Å²) in [4.78, 5) is 0. The van der Waals surface area contributed by atoms with Crippen molar-refractivity contribution in [2.24, 2.45) is 0 Å². The van der Waals surface area contributed by atoms with Crippen LogP contribution in [0.1, 0.15) is 31.1 Å². The molecular formula is C15H20N2O3. The van der Waals surface area contributed by atoms with Gasteiger partial charge in [0.1, 0.15) is 6.61 Å². The third kappa shape index (κ3) is 3.30. The molecule has 1 atom stereocenters. The predicted molar refractivity (Wildman–Crippen MR) is 75.9 cm³/mol. The number of hydrogen-bond donors (Lipinski definition) is 1. The van der Waals surface area contributed by atoms with Crippen molar-refractivity contribution in [3.8, 4) is 11.5 Å². The molecule has 1 aromatic carbocycles. The van der Waals surface area contributed by atoms with Crippen LogP contribution in [0.5, 0.6) is 11.5 Å². The van der Waals surface area contributed by atoms with Gasteiger partial charge in [0.15, 0.2) is 11.5 Å². The Kier molecular flexibility index (Phi) is 4.63. The number of aliphatic hydroxyl groups is 1. The standard InChI is InChI=1S/C15H20N2O3/c1-4-17-9-12(8-16-17)10-20-14-6-5-13(11(2)18)7-15(14)19-3/h5-9,11,18H,4,10H2,1-3H3. The Labute approximate surface area is 118 Å². The Morgan fingerprint density at radius 1 is 1.35 bits per heavy atom. The minimum Gasteiger partial charge on any atom is -0.493 e. The molecule has 1 unspecified atom stereocenters. The molecule has 0 bridgehead atoms. The molecule has 0 aliphatic carbocycles. The highest BCUT2D eigenvalue weighted by atomic mass is 16.5. The number of aryl methyl sites for hydroxylation is 1. The lowest BCUT2D eigenvalue weighted by atomic mass is 10.1. The van der Waals surface area contributed by atoms with Crippen molar-refractivity contribution in [2.45, 2.75) is 33.1 Å². The normalized spacial score (nSPS) is 12.2. The Hall–Kier alpha value is -2.01. The van der Waals surface area contributed by atoms with Gasteiger partial charge in [-0.1, -0.05) is 6.07 Å². The zero-order valence-corrected chi connectivity index (χ0v) is 12.0. The van der Waals surface area contributed by atoms with Crippen LogP contribution < -0.4 is 9.47 Å². The van der Waals surface area contributed by atoms with Gasteiger partial charge in [0.2, 0.25) is 0 Å². The summed E-state index contributed by atoms with van der Waals surface area (Å²) in [6.45, 7) is 5.03. The maximum atomic E-state index is 9.56. The molecule has 108 valence electrons. The Bertz CT molecular complexity index is 564. The largest absolute Gasteiger partial charge is 0.493 e. The van der Waals surface area contributed by atoms with Gasteiger partial charge in [0, 0.05) is 18.3 Å². The molecule has 2 rings (SSSR count). The Morgan fingerprint density at radius 2 is 2.15 bits per heavy atom. The van der Waals surface area contributed by atoms with Crippen molar-refractivity contribution >= 4 is 0 Å². The van der Waals surface area contributed by atoms with Gasteiger partial charge in [-0.25, -0.2) is 0 Å². The Balaban J connectivity index is 2.08. The van der Waals surface area contributed by atoms with Crippen LogP contribution in [0.3, 0.4) is 0 Å². The first-order valence-corrected chi connectivity index (χ1v) is 6.64. The molecular weight excluding hydrogens is 256 g/mol. The number of benzene rings is 1. The van der Waals surface area contributed by atoms with E-state index in [1.165, 1.54) is 0 Å². The van der Waals surface area contributed by atoms with E-state index < -0.39 is 6.10 Å². The van der Waals surface area contributed by atoms with Crippen molar-refractivity contribution < 1.29 is 14.6 Å². The average molecular weight is 276 g/mol. The highest BCUT2D eigenvalue weighted by Gasteiger charge is 2.09. The molecule has 0 fully saturated rings. The molecule has 0 amide bonds.